The van der Waals surface area contributed by atoms with E-state index in [2.05, 4.69) is 17.2 Å². The van der Waals surface area contributed by atoms with E-state index < -0.39 is 0 Å². The second kappa shape index (κ2) is 5.60. The van der Waals surface area contributed by atoms with Crippen molar-refractivity contribution >= 4 is 22.9 Å². The maximum atomic E-state index is 6.26. The molecule has 6 heteroatoms. The van der Waals surface area contributed by atoms with Crippen molar-refractivity contribution in [2.75, 3.05) is 13.3 Å². The van der Waals surface area contributed by atoms with Gasteiger partial charge >= 0.3 is 0 Å². The molecule has 106 valence electrons. The Morgan fingerprint density at radius 2 is 2.30 bits per heavy atom. The van der Waals surface area contributed by atoms with Crippen LogP contribution >= 0.6 is 22.9 Å². The zero-order valence-corrected chi connectivity index (χ0v) is 12.8. The zero-order valence-electron chi connectivity index (χ0n) is 11.3. The average molecular weight is 311 g/mol. The van der Waals surface area contributed by atoms with Crippen LogP contribution in [-0.2, 0) is 0 Å². The molecule has 1 N–H and O–H groups in total. The van der Waals surface area contributed by atoms with Crippen LogP contribution in [0.25, 0.3) is 0 Å². The van der Waals surface area contributed by atoms with Gasteiger partial charge in [0.2, 0.25) is 6.79 Å². The van der Waals surface area contributed by atoms with Gasteiger partial charge in [0.05, 0.1) is 11.1 Å². The van der Waals surface area contributed by atoms with Crippen molar-refractivity contribution in [3.8, 4) is 11.5 Å². The number of aromatic nitrogens is 1. The normalized spacial score (nSPS) is 14.6. The van der Waals surface area contributed by atoms with E-state index in [1.54, 1.807) is 11.3 Å². The molecule has 1 atom stereocenters. The molecule has 0 bridgehead atoms. The molecule has 2 heterocycles. The summed E-state index contributed by atoms with van der Waals surface area (Å²) in [4.78, 5) is 4.57. The van der Waals surface area contributed by atoms with Gasteiger partial charge in [0, 0.05) is 11.1 Å². The van der Waals surface area contributed by atoms with Gasteiger partial charge in [0.25, 0.3) is 0 Å². The highest BCUT2D eigenvalue weighted by Crippen LogP contribution is 2.42. The Kier molecular flexibility index (Phi) is 3.83. The van der Waals surface area contributed by atoms with Crippen molar-refractivity contribution < 1.29 is 9.47 Å². The maximum absolute atomic E-state index is 6.26. The largest absolute Gasteiger partial charge is 0.454 e. The lowest BCUT2D eigenvalue weighted by atomic mass is 10.1. The molecule has 1 aliphatic heterocycles. The summed E-state index contributed by atoms with van der Waals surface area (Å²) < 4.78 is 10.8. The molecule has 3 rings (SSSR count). The number of ether oxygens (including phenoxy) is 2. The molecular weight excluding hydrogens is 296 g/mol. The first kappa shape index (κ1) is 13.7. The lowest BCUT2D eigenvalue weighted by Gasteiger charge is -2.17. The highest BCUT2D eigenvalue weighted by atomic mass is 35.5. The zero-order chi connectivity index (χ0) is 14.1. The molecule has 0 radical (unpaired) electrons. The molecule has 0 spiro atoms. The van der Waals surface area contributed by atoms with Gasteiger partial charge in [-0.05, 0) is 31.2 Å². The van der Waals surface area contributed by atoms with E-state index in [0.717, 1.165) is 22.8 Å². The van der Waals surface area contributed by atoms with Crippen LogP contribution < -0.4 is 14.8 Å². The number of rotatable bonds is 4. The SMILES string of the molecule is CCNC(c1cc(Cl)c2c(c1)OCO2)c1nc(C)cs1. The van der Waals surface area contributed by atoms with Gasteiger partial charge in [-0.15, -0.1) is 11.3 Å². The highest BCUT2D eigenvalue weighted by molar-refractivity contribution is 7.09. The molecule has 4 nitrogen and oxygen atoms in total. The molecule has 0 amide bonds. The topological polar surface area (TPSA) is 43.4 Å². The molecular formula is C14H15ClN2O2S. The van der Waals surface area contributed by atoms with Crippen molar-refractivity contribution in [3.05, 3.63) is 38.8 Å². The van der Waals surface area contributed by atoms with Crippen molar-refractivity contribution in [2.45, 2.75) is 19.9 Å². The summed E-state index contributed by atoms with van der Waals surface area (Å²) in [6.45, 7) is 5.13. The lowest BCUT2D eigenvalue weighted by molar-refractivity contribution is 0.174. The van der Waals surface area contributed by atoms with Crippen molar-refractivity contribution in [1.29, 1.82) is 0 Å². The minimum Gasteiger partial charge on any atom is -0.454 e. The van der Waals surface area contributed by atoms with E-state index >= 15 is 0 Å². The molecule has 0 fully saturated rings. The maximum Gasteiger partial charge on any atom is 0.231 e. The van der Waals surface area contributed by atoms with Crippen molar-refractivity contribution in [2.24, 2.45) is 0 Å². The fraction of sp³-hybridized carbons (Fsp3) is 0.357. The summed E-state index contributed by atoms with van der Waals surface area (Å²) in [5.41, 5.74) is 2.06. The van der Waals surface area contributed by atoms with Crippen LogP contribution in [0.4, 0.5) is 0 Å². The first-order valence-electron chi connectivity index (χ1n) is 6.43. The third kappa shape index (κ3) is 2.49. The van der Waals surface area contributed by atoms with Crippen LogP contribution in [0, 0.1) is 6.92 Å². The highest BCUT2D eigenvalue weighted by Gasteiger charge is 2.23. The van der Waals surface area contributed by atoms with Gasteiger partial charge in [-0.3, -0.25) is 0 Å². The van der Waals surface area contributed by atoms with Gasteiger partial charge in [-0.25, -0.2) is 4.98 Å². The number of thiazole rings is 1. The molecule has 20 heavy (non-hydrogen) atoms. The number of nitrogens with zero attached hydrogens (tertiary/aromatic N) is 1. The third-order valence-electron chi connectivity index (χ3n) is 3.07. The number of halogens is 1. The van der Waals surface area contributed by atoms with E-state index in [1.807, 2.05) is 24.4 Å². The predicted octanol–water partition coefficient (Wildman–Crippen LogP) is 3.53. The number of hydrogen-bond donors (Lipinski definition) is 1. The second-order valence-corrected chi connectivity index (χ2v) is 5.85. The molecule has 1 aliphatic rings. The van der Waals surface area contributed by atoms with Crippen LogP contribution in [0.2, 0.25) is 5.02 Å². The predicted molar refractivity (Wildman–Crippen MR) is 79.9 cm³/mol. The smallest absolute Gasteiger partial charge is 0.231 e. The summed E-state index contributed by atoms with van der Waals surface area (Å²) in [6, 6.07) is 3.91. The van der Waals surface area contributed by atoms with Crippen LogP contribution in [-0.4, -0.2) is 18.3 Å². The lowest BCUT2D eigenvalue weighted by Crippen LogP contribution is -2.21. The van der Waals surface area contributed by atoms with Crippen LogP contribution in [0.1, 0.15) is 29.2 Å². The Bertz CT molecular complexity index is 630. The first-order valence-corrected chi connectivity index (χ1v) is 7.69. The van der Waals surface area contributed by atoms with Gasteiger partial charge < -0.3 is 14.8 Å². The first-order chi connectivity index (χ1) is 9.69. The number of fused-ring (bicyclic) bond motifs is 1. The molecule has 1 unspecified atom stereocenters. The summed E-state index contributed by atoms with van der Waals surface area (Å²) in [5.74, 6) is 1.32. The fourth-order valence-electron chi connectivity index (χ4n) is 2.21. The Hall–Kier alpha value is -1.30. The molecule has 0 aliphatic carbocycles. The monoisotopic (exact) mass is 310 g/mol. The summed E-state index contributed by atoms with van der Waals surface area (Å²) in [5, 5.41) is 7.09. The van der Waals surface area contributed by atoms with E-state index in [9.17, 15) is 0 Å². The molecule has 2 aromatic rings. The number of aryl methyl sites for hydroxylation is 1. The Morgan fingerprint density at radius 3 is 3.00 bits per heavy atom. The van der Waals surface area contributed by atoms with Gasteiger partial charge in [-0.2, -0.15) is 0 Å². The van der Waals surface area contributed by atoms with Crippen molar-refractivity contribution in [3.63, 3.8) is 0 Å². The van der Waals surface area contributed by atoms with E-state index in [1.165, 1.54) is 0 Å². The fourth-order valence-corrected chi connectivity index (χ4v) is 3.38. The minimum absolute atomic E-state index is 0.0192. The molecule has 0 saturated heterocycles. The Balaban J connectivity index is 2.01. The average Bonchev–Trinajstić information content (AvgIpc) is 3.04. The van der Waals surface area contributed by atoms with Crippen LogP contribution in [0.15, 0.2) is 17.5 Å². The van der Waals surface area contributed by atoms with Gasteiger partial charge in [-0.1, -0.05) is 18.5 Å². The molecule has 1 aromatic heterocycles. The third-order valence-corrected chi connectivity index (χ3v) is 4.38. The summed E-state index contributed by atoms with van der Waals surface area (Å²) in [7, 11) is 0. The molecule has 1 aromatic carbocycles. The number of hydrogen-bond acceptors (Lipinski definition) is 5. The van der Waals surface area contributed by atoms with Gasteiger partial charge in [0.15, 0.2) is 11.5 Å². The standard InChI is InChI=1S/C14H15ClN2O2S/c1-3-16-12(14-17-8(2)6-20-14)9-4-10(15)13-11(5-9)18-7-19-13/h4-6,12,16H,3,7H2,1-2H3. The minimum atomic E-state index is 0.0192. The van der Waals surface area contributed by atoms with Gasteiger partial charge in [0.1, 0.15) is 5.01 Å². The van der Waals surface area contributed by atoms with Crippen molar-refractivity contribution in [1.82, 2.24) is 10.3 Å². The molecule has 0 saturated carbocycles. The second-order valence-electron chi connectivity index (χ2n) is 4.55. The number of nitrogens with one attached hydrogen (secondary N) is 1. The quantitative estimate of drug-likeness (QED) is 0.938. The summed E-state index contributed by atoms with van der Waals surface area (Å²) >= 11 is 7.90. The summed E-state index contributed by atoms with van der Waals surface area (Å²) in [6.07, 6.45) is 0. The van der Waals surface area contributed by atoms with Crippen LogP contribution in [0.5, 0.6) is 11.5 Å². The number of benzene rings is 1. The Labute approximate surface area is 126 Å². The van der Waals surface area contributed by atoms with E-state index in [4.69, 9.17) is 21.1 Å². The van der Waals surface area contributed by atoms with E-state index in [0.29, 0.717) is 16.5 Å². The van der Waals surface area contributed by atoms with Crippen LogP contribution in [0.3, 0.4) is 0 Å². The Morgan fingerprint density at radius 1 is 1.45 bits per heavy atom. The van der Waals surface area contributed by atoms with E-state index in [-0.39, 0.29) is 12.8 Å².